The SMILES string of the molecule is CCN1CCN(C(=O)NC(c2cccc(OC)c2)c2nccn2C)CC1. The summed E-state index contributed by atoms with van der Waals surface area (Å²) in [4.78, 5) is 21.5. The fourth-order valence-electron chi connectivity index (χ4n) is 3.26. The van der Waals surface area contributed by atoms with Gasteiger partial charge in [-0.15, -0.1) is 0 Å². The van der Waals surface area contributed by atoms with Gasteiger partial charge in [-0.1, -0.05) is 19.1 Å². The van der Waals surface area contributed by atoms with Gasteiger partial charge in [0.2, 0.25) is 0 Å². The molecule has 1 N–H and O–H groups in total. The van der Waals surface area contributed by atoms with Crippen LogP contribution in [-0.4, -0.2) is 65.2 Å². The lowest BCUT2D eigenvalue weighted by molar-refractivity contribution is 0.141. The summed E-state index contributed by atoms with van der Waals surface area (Å²) in [7, 11) is 3.57. The third-order valence-corrected chi connectivity index (χ3v) is 4.92. The third-order valence-electron chi connectivity index (χ3n) is 4.92. The Morgan fingerprint density at radius 3 is 2.69 bits per heavy atom. The molecule has 7 nitrogen and oxygen atoms in total. The Hall–Kier alpha value is -2.54. The van der Waals surface area contributed by atoms with E-state index < -0.39 is 0 Å². The zero-order chi connectivity index (χ0) is 18.5. The molecule has 1 fully saturated rings. The number of imidazole rings is 1. The molecule has 2 amide bonds. The first-order valence-electron chi connectivity index (χ1n) is 9.01. The van der Waals surface area contributed by atoms with Gasteiger partial charge in [0, 0.05) is 45.6 Å². The number of rotatable bonds is 5. The first-order chi connectivity index (χ1) is 12.6. The molecule has 1 aliphatic rings. The number of nitrogens with one attached hydrogen (secondary N) is 1. The first-order valence-corrected chi connectivity index (χ1v) is 9.01. The number of hydrogen-bond acceptors (Lipinski definition) is 4. The highest BCUT2D eigenvalue weighted by atomic mass is 16.5. The molecule has 3 rings (SSSR count). The Morgan fingerprint density at radius 1 is 1.31 bits per heavy atom. The van der Waals surface area contributed by atoms with Crippen LogP contribution in [0.4, 0.5) is 4.79 Å². The smallest absolute Gasteiger partial charge is 0.318 e. The quantitative estimate of drug-likeness (QED) is 0.887. The second kappa shape index (κ2) is 8.23. The van der Waals surface area contributed by atoms with Crippen LogP contribution in [-0.2, 0) is 7.05 Å². The van der Waals surface area contributed by atoms with Crippen LogP contribution in [0, 0.1) is 0 Å². The van der Waals surface area contributed by atoms with E-state index in [4.69, 9.17) is 4.74 Å². The summed E-state index contributed by atoms with van der Waals surface area (Å²) in [5.74, 6) is 1.55. The second-order valence-corrected chi connectivity index (χ2v) is 6.48. The van der Waals surface area contributed by atoms with Crippen LogP contribution in [0.5, 0.6) is 5.75 Å². The molecule has 0 radical (unpaired) electrons. The minimum absolute atomic E-state index is 0.0587. The van der Waals surface area contributed by atoms with Gasteiger partial charge < -0.3 is 24.4 Å². The van der Waals surface area contributed by atoms with Crippen molar-refractivity contribution in [2.75, 3.05) is 39.8 Å². The Bertz CT molecular complexity index is 737. The minimum Gasteiger partial charge on any atom is -0.497 e. The molecule has 0 bridgehead atoms. The third kappa shape index (κ3) is 3.99. The zero-order valence-corrected chi connectivity index (χ0v) is 15.7. The van der Waals surface area contributed by atoms with E-state index in [0.717, 1.165) is 49.9 Å². The average Bonchev–Trinajstić information content (AvgIpc) is 3.11. The summed E-state index contributed by atoms with van der Waals surface area (Å²) in [5, 5.41) is 3.16. The molecule has 0 saturated carbocycles. The standard InChI is InChI=1S/C19H27N5O2/c1-4-23-10-12-24(13-11-23)19(25)21-17(18-20-8-9-22(18)2)15-6-5-7-16(14-15)26-3/h5-9,14,17H,4,10-13H2,1-3H3,(H,21,25). The van der Waals surface area contributed by atoms with Crippen LogP contribution >= 0.6 is 0 Å². The van der Waals surface area contributed by atoms with E-state index in [-0.39, 0.29) is 12.1 Å². The van der Waals surface area contributed by atoms with Crippen molar-refractivity contribution < 1.29 is 9.53 Å². The molecule has 1 saturated heterocycles. The lowest BCUT2D eigenvalue weighted by Gasteiger charge is -2.35. The summed E-state index contributed by atoms with van der Waals surface area (Å²) >= 11 is 0. The Kier molecular flexibility index (Phi) is 5.78. The molecule has 1 aromatic carbocycles. The van der Waals surface area contributed by atoms with Crippen molar-refractivity contribution in [3.8, 4) is 5.75 Å². The van der Waals surface area contributed by atoms with Gasteiger partial charge in [0.25, 0.3) is 0 Å². The number of amides is 2. The number of aromatic nitrogens is 2. The fourth-order valence-corrected chi connectivity index (χ4v) is 3.26. The Labute approximate surface area is 154 Å². The molecule has 2 aromatic rings. The average molecular weight is 357 g/mol. The normalized spacial score (nSPS) is 16.3. The van der Waals surface area contributed by atoms with Crippen LogP contribution < -0.4 is 10.1 Å². The summed E-state index contributed by atoms with van der Waals surface area (Å²) < 4.78 is 7.27. The van der Waals surface area contributed by atoms with Gasteiger partial charge in [-0.05, 0) is 24.2 Å². The zero-order valence-electron chi connectivity index (χ0n) is 15.7. The molecule has 1 aromatic heterocycles. The van der Waals surface area contributed by atoms with Crippen LogP contribution in [0.15, 0.2) is 36.7 Å². The van der Waals surface area contributed by atoms with Crippen LogP contribution in [0.1, 0.15) is 24.4 Å². The number of aryl methyl sites for hydroxylation is 1. The number of hydrogen-bond donors (Lipinski definition) is 1. The van der Waals surface area contributed by atoms with E-state index in [1.807, 2.05) is 47.0 Å². The largest absolute Gasteiger partial charge is 0.497 e. The van der Waals surface area contributed by atoms with E-state index in [2.05, 4.69) is 22.1 Å². The predicted octanol–water partition coefficient (Wildman–Crippen LogP) is 1.87. The predicted molar refractivity (Wildman–Crippen MR) is 100 cm³/mol. The number of methoxy groups -OCH3 is 1. The first kappa shape index (κ1) is 18.3. The van der Waals surface area contributed by atoms with Gasteiger partial charge >= 0.3 is 6.03 Å². The van der Waals surface area contributed by atoms with Gasteiger partial charge in [-0.3, -0.25) is 0 Å². The van der Waals surface area contributed by atoms with Crippen LogP contribution in [0.25, 0.3) is 0 Å². The van der Waals surface area contributed by atoms with Crippen molar-refractivity contribution in [1.82, 2.24) is 24.7 Å². The number of carbonyl (C=O) groups excluding carboxylic acids is 1. The van der Waals surface area contributed by atoms with Crippen LogP contribution in [0.3, 0.4) is 0 Å². The molecule has 1 aliphatic heterocycles. The van der Waals surface area contributed by atoms with Crippen molar-refractivity contribution in [2.45, 2.75) is 13.0 Å². The maximum Gasteiger partial charge on any atom is 0.318 e. The number of piperazine rings is 1. The minimum atomic E-state index is -0.332. The number of nitrogens with zero attached hydrogens (tertiary/aromatic N) is 4. The number of likely N-dealkylation sites (N-methyl/N-ethyl adjacent to an activating group) is 1. The second-order valence-electron chi connectivity index (χ2n) is 6.48. The number of benzene rings is 1. The molecule has 2 heterocycles. The summed E-state index contributed by atoms with van der Waals surface area (Å²) in [6.45, 7) is 6.48. The van der Waals surface area contributed by atoms with Gasteiger partial charge in [0.15, 0.2) is 0 Å². The highest BCUT2D eigenvalue weighted by Gasteiger charge is 2.26. The summed E-state index contributed by atoms with van der Waals surface area (Å²) in [5.41, 5.74) is 0.944. The molecule has 1 atom stereocenters. The summed E-state index contributed by atoms with van der Waals surface area (Å²) in [6.07, 6.45) is 3.63. The maximum atomic E-state index is 12.9. The molecule has 140 valence electrons. The number of carbonyl (C=O) groups is 1. The topological polar surface area (TPSA) is 62.6 Å². The van der Waals surface area contributed by atoms with E-state index >= 15 is 0 Å². The monoisotopic (exact) mass is 357 g/mol. The lowest BCUT2D eigenvalue weighted by Crippen LogP contribution is -2.52. The highest BCUT2D eigenvalue weighted by Crippen LogP contribution is 2.24. The van der Waals surface area contributed by atoms with E-state index in [1.54, 1.807) is 13.3 Å². The maximum absolute atomic E-state index is 12.9. The molecule has 26 heavy (non-hydrogen) atoms. The molecule has 0 spiro atoms. The van der Waals surface area contributed by atoms with Crippen molar-refractivity contribution >= 4 is 6.03 Å². The fraction of sp³-hybridized carbons (Fsp3) is 0.474. The number of ether oxygens (including phenoxy) is 1. The van der Waals surface area contributed by atoms with Crippen molar-refractivity contribution in [3.63, 3.8) is 0 Å². The summed E-state index contributed by atoms with van der Waals surface area (Å²) in [6, 6.07) is 7.35. The van der Waals surface area contributed by atoms with E-state index in [0.29, 0.717) is 0 Å². The van der Waals surface area contributed by atoms with E-state index in [1.165, 1.54) is 0 Å². The van der Waals surface area contributed by atoms with Gasteiger partial charge in [0.05, 0.1) is 7.11 Å². The van der Waals surface area contributed by atoms with Crippen molar-refractivity contribution in [2.24, 2.45) is 7.05 Å². The van der Waals surface area contributed by atoms with Gasteiger partial charge in [0.1, 0.15) is 17.6 Å². The number of urea groups is 1. The van der Waals surface area contributed by atoms with Crippen molar-refractivity contribution in [3.05, 3.63) is 48.0 Å². The lowest BCUT2D eigenvalue weighted by atomic mass is 10.1. The van der Waals surface area contributed by atoms with Gasteiger partial charge in [-0.25, -0.2) is 9.78 Å². The molecular formula is C19H27N5O2. The van der Waals surface area contributed by atoms with Crippen molar-refractivity contribution in [1.29, 1.82) is 0 Å². The Morgan fingerprint density at radius 2 is 2.08 bits per heavy atom. The Balaban J connectivity index is 1.80. The highest BCUT2D eigenvalue weighted by molar-refractivity contribution is 5.75. The molecule has 0 aliphatic carbocycles. The molecule has 1 unspecified atom stereocenters. The van der Waals surface area contributed by atoms with Gasteiger partial charge in [-0.2, -0.15) is 0 Å². The molecule has 7 heteroatoms. The van der Waals surface area contributed by atoms with E-state index in [9.17, 15) is 4.79 Å². The molecular weight excluding hydrogens is 330 g/mol. The van der Waals surface area contributed by atoms with Crippen LogP contribution in [0.2, 0.25) is 0 Å².